The van der Waals surface area contributed by atoms with Crippen LogP contribution in [0.4, 0.5) is 0 Å². The maximum Gasteiger partial charge on any atom is 0.352 e. The smallest absolute Gasteiger partial charge is 0.352 e. The summed E-state index contributed by atoms with van der Waals surface area (Å²) in [6.07, 6.45) is 1.24. The fourth-order valence-electron chi connectivity index (χ4n) is 2.41. The van der Waals surface area contributed by atoms with Crippen molar-refractivity contribution in [3.8, 4) is 17.4 Å². The van der Waals surface area contributed by atoms with Crippen LogP contribution < -0.4 is 5.32 Å². The molecule has 1 aromatic heterocycles. The van der Waals surface area contributed by atoms with Gasteiger partial charge in [-0.05, 0) is 36.4 Å². The highest BCUT2D eigenvalue weighted by Gasteiger charge is 2.14. The van der Waals surface area contributed by atoms with E-state index in [9.17, 15) is 14.7 Å². The Labute approximate surface area is 155 Å². The van der Waals surface area contributed by atoms with Crippen LogP contribution in [0.15, 0.2) is 76.8 Å². The van der Waals surface area contributed by atoms with Crippen LogP contribution in [0, 0.1) is 11.3 Å². The Balaban J connectivity index is 1.85. The third kappa shape index (κ3) is 4.30. The van der Waals surface area contributed by atoms with E-state index in [0.717, 1.165) is 0 Å². The van der Waals surface area contributed by atoms with Crippen LogP contribution in [0.3, 0.4) is 0 Å². The monoisotopic (exact) mass is 358 g/mol. The Kier molecular flexibility index (Phi) is 5.15. The van der Waals surface area contributed by atoms with Crippen molar-refractivity contribution in [3.63, 3.8) is 0 Å². The molecule has 0 bridgehead atoms. The van der Waals surface area contributed by atoms with Crippen molar-refractivity contribution in [1.29, 1.82) is 5.26 Å². The van der Waals surface area contributed by atoms with Crippen molar-refractivity contribution in [3.05, 3.63) is 89.3 Å². The number of benzene rings is 2. The summed E-state index contributed by atoms with van der Waals surface area (Å²) < 4.78 is 5.64. The number of hydrogen-bond donors (Lipinski definition) is 2. The van der Waals surface area contributed by atoms with Gasteiger partial charge >= 0.3 is 5.97 Å². The van der Waals surface area contributed by atoms with Gasteiger partial charge in [-0.1, -0.05) is 30.3 Å². The van der Waals surface area contributed by atoms with Crippen LogP contribution >= 0.6 is 0 Å². The Morgan fingerprint density at radius 1 is 1.04 bits per heavy atom. The van der Waals surface area contributed by atoms with Crippen LogP contribution in [0.25, 0.3) is 17.4 Å². The summed E-state index contributed by atoms with van der Waals surface area (Å²) in [6, 6.07) is 20.5. The molecule has 27 heavy (non-hydrogen) atoms. The normalized spacial score (nSPS) is 10.9. The second kappa shape index (κ2) is 7.85. The van der Waals surface area contributed by atoms with Gasteiger partial charge in [-0.3, -0.25) is 4.79 Å². The quantitative estimate of drug-likeness (QED) is 0.677. The van der Waals surface area contributed by atoms with Crippen molar-refractivity contribution in [2.45, 2.75) is 0 Å². The topological polar surface area (TPSA) is 103 Å². The third-order valence-electron chi connectivity index (χ3n) is 3.70. The number of carbonyl (C=O) groups excluding carboxylic acids is 1. The van der Waals surface area contributed by atoms with Crippen LogP contribution in [-0.4, -0.2) is 17.0 Å². The third-order valence-corrected chi connectivity index (χ3v) is 3.70. The molecule has 0 aliphatic heterocycles. The zero-order valence-electron chi connectivity index (χ0n) is 14.0. The number of carboxylic acids is 1. The average Bonchev–Trinajstić information content (AvgIpc) is 3.16. The van der Waals surface area contributed by atoms with Gasteiger partial charge in [0.05, 0.1) is 11.6 Å². The molecule has 3 rings (SSSR count). The number of rotatable bonds is 5. The fraction of sp³-hybridized carbons (Fsp3) is 0. The van der Waals surface area contributed by atoms with Gasteiger partial charge in [-0.15, -0.1) is 0 Å². The van der Waals surface area contributed by atoms with E-state index in [2.05, 4.69) is 5.32 Å². The van der Waals surface area contributed by atoms with Crippen molar-refractivity contribution < 1.29 is 19.1 Å². The lowest BCUT2D eigenvalue weighted by Gasteiger charge is -2.05. The van der Waals surface area contributed by atoms with Crippen molar-refractivity contribution in [2.75, 3.05) is 0 Å². The summed E-state index contributed by atoms with van der Waals surface area (Å²) in [5, 5.41) is 20.7. The highest BCUT2D eigenvalue weighted by molar-refractivity contribution is 6.02. The summed E-state index contributed by atoms with van der Waals surface area (Å²) in [4.78, 5) is 23.6. The van der Waals surface area contributed by atoms with Crippen LogP contribution in [0.1, 0.15) is 21.7 Å². The Morgan fingerprint density at radius 3 is 2.52 bits per heavy atom. The van der Waals surface area contributed by atoms with Crippen molar-refractivity contribution >= 4 is 18.0 Å². The molecule has 0 unspecified atom stereocenters. The first-order valence-corrected chi connectivity index (χ1v) is 7.98. The lowest BCUT2D eigenvalue weighted by atomic mass is 10.1. The number of carbonyl (C=O) groups is 2. The van der Waals surface area contributed by atoms with Gasteiger partial charge in [0.2, 0.25) is 0 Å². The molecule has 1 heterocycles. The predicted octanol–water partition coefficient (Wildman–Crippen LogP) is 3.67. The molecule has 2 N–H and O–H groups in total. The van der Waals surface area contributed by atoms with Crippen molar-refractivity contribution in [2.24, 2.45) is 0 Å². The van der Waals surface area contributed by atoms with E-state index < -0.39 is 11.9 Å². The summed E-state index contributed by atoms with van der Waals surface area (Å²) in [7, 11) is 0. The van der Waals surface area contributed by atoms with Crippen LogP contribution in [0.2, 0.25) is 0 Å². The minimum absolute atomic E-state index is 0.262. The molecule has 0 fully saturated rings. The molecule has 0 atom stereocenters. The molecule has 0 aliphatic carbocycles. The second-order valence-electron chi connectivity index (χ2n) is 5.58. The van der Waals surface area contributed by atoms with Gasteiger partial charge in [0, 0.05) is 17.2 Å². The molecule has 6 nitrogen and oxygen atoms in total. The molecule has 0 aliphatic rings. The standard InChI is InChI=1S/C21H14N2O4/c22-13-14-5-4-8-16(11-14)19-10-9-17(27-19)12-18(21(25)26)23-20(24)15-6-2-1-3-7-15/h1-12H,(H,23,24)(H,25,26)/b18-12-. The van der Waals surface area contributed by atoms with E-state index in [4.69, 9.17) is 9.68 Å². The largest absolute Gasteiger partial charge is 0.477 e. The molecule has 0 spiro atoms. The Morgan fingerprint density at radius 2 is 1.81 bits per heavy atom. The number of aliphatic carboxylic acids is 1. The Bertz CT molecular complexity index is 1060. The number of nitrogens with zero attached hydrogens (tertiary/aromatic N) is 1. The van der Waals surface area contributed by atoms with Gasteiger partial charge in [0.15, 0.2) is 0 Å². The molecule has 0 radical (unpaired) electrons. The van der Waals surface area contributed by atoms with Gasteiger partial charge in [0.25, 0.3) is 5.91 Å². The molecule has 132 valence electrons. The molecular weight excluding hydrogens is 344 g/mol. The second-order valence-corrected chi connectivity index (χ2v) is 5.58. The van der Waals surface area contributed by atoms with E-state index in [1.54, 1.807) is 66.7 Å². The lowest BCUT2D eigenvalue weighted by Crippen LogP contribution is -2.27. The van der Waals surface area contributed by atoms with Crippen molar-refractivity contribution in [1.82, 2.24) is 5.32 Å². The molecule has 3 aromatic rings. The predicted molar refractivity (Wildman–Crippen MR) is 98.4 cm³/mol. The minimum Gasteiger partial charge on any atom is -0.477 e. The molecule has 6 heteroatoms. The average molecular weight is 358 g/mol. The number of furan rings is 1. The highest BCUT2D eigenvalue weighted by Crippen LogP contribution is 2.24. The Hall–Kier alpha value is -4.11. The SMILES string of the molecule is N#Cc1cccc(-c2ccc(/C=C(\NC(=O)c3ccccc3)C(=O)O)o2)c1. The molecule has 1 amide bonds. The summed E-state index contributed by atoms with van der Waals surface area (Å²) in [6.45, 7) is 0. The molecular formula is C21H14N2O4. The van der Waals surface area contributed by atoms with E-state index in [-0.39, 0.29) is 11.5 Å². The lowest BCUT2D eigenvalue weighted by molar-refractivity contribution is -0.132. The minimum atomic E-state index is -1.29. The summed E-state index contributed by atoms with van der Waals surface area (Å²) >= 11 is 0. The number of hydrogen-bond acceptors (Lipinski definition) is 4. The maximum atomic E-state index is 12.2. The first kappa shape index (κ1) is 17.7. The van der Waals surface area contributed by atoms with Gasteiger partial charge in [0.1, 0.15) is 17.2 Å². The van der Waals surface area contributed by atoms with Gasteiger partial charge in [-0.2, -0.15) is 5.26 Å². The molecule has 0 saturated heterocycles. The number of nitrogens with one attached hydrogen (secondary N) is 1. The summed E-state index contributed by atoms with van der Waals surface area (Å²) in [5.41, 5.74) is 1.22. The van der Waals surface area contributed by atoms with E-state index in [1.165, 1.54) is 6.08 Å². The number of nitriles is 1. The zero-order chi connectivity index (χ0) is 19.2. The number of carboxylic acid groups (broad SMARTS) is 1. The molecule has 2 aromatic carbocycles. The summed E-state index contributed by atoms with van der Waals surface area (Å²) in [5.74, 6) is -1.07. The van der Waals surface area contributed by atoms with Gasteiger partial charge in [-0.25, -0.2) is 4.79 Å². The highest BCUT2D eigenvalue weighted by atomic mass is 16.4. The van der Waals surface area contributed by atoms with E-state index in [0.29, 0.717) is 22.5 Å². The van der Waals surface area contributed by atoms with Crippen LogP contribution in [0.5, 0.6) is 0 Å². The zero-order valence-corrected chi connectivity index (χ0v) is 14.0. The molecule has 0 saturated carbocycles. The van der Waals surface area contributed by atoms with Crippen LogP contribution in [-0.2, 0) is 4.79 Å². The fourth-order valence-corrected chi connectivity index (χ4v) is 2.41. The number of amides is 1. The van der Waals surface area contributed by atoms with Gasteiger partial charge < -0.3 is 14.8 Å². The van der Waals surface area contributed by atoms with E-state index in [1.807, 2.05) is 6.07 Å². The maximum absolute atomic E-state index is 12.2. The first-order valence-electron chi connectivity index (χ1n) is 7.98. The van der Waals surface area contributed by atoms with E-state index >= 15 is 0 Å². The first-order chi connectivity index (χ1) is 13.1.